The Morgan fingerprint density at radius 2 is 1.77 bits per heavy atom. The van der Waals surface area contributed by atoms with Crippen LogP contribution in [0.5, 0.6) is 0 Å². The van der Waals surface area contributed by atoms with E-state index in [0.717, 1.165) is 5.56 Å². The van der Waals surface area contributed by atoms with Crippen LogP contribution in [-0.2, 0) is 11.2 Å². The van der Waals surface area contributed by atoms with Gasteiger partial charge in [-0.25, -0.2) is 0 Å². The van der Waals surface area contributed by atoms with E-state index in [1.807, 2.05) is 30.3 Å². The van der Waals surface area contributed by atoms with Gasteiger partial charge in [0.25, 0.3) is 0 Å². The third-order valence-electron chi connectivity index (χ3n) is 1.47. The van der Waals surface area contributed by atoms with Crippen molar-refractivity contribution in [1.29, 1.82) is 0 Å². The second-order valence-electron chi connectivity index (χ2n) is 2.38. The highest BCUT2D eigenvalue weighted by molar-refractivity contribution is 5.67. The zero-order valence-electron chi connectivity index (χ0n) is 7.57. The Labute approximate surface area is 78.5 Å². The summed E-state index contributed by atoms with van der Waals surface area (Å²) in [7, 11) is 0. The van der Waals surface area contributed by atoms with E-state index >= 15 is 0 Å². The van der Waals surface area contributed by atoms with Gasteiger partial charge in [0.2, 0.25) is 0 Å². The highest BCUT2D eigenvalue weighted by Gasteiger charge is 1.96. The molecule has 0 aromatic heterocycles. The van der Waals surface area contributed by atoms with Crippen LogP contribution in [0.3, 0.4) is 0 Å². The molecule has 0 unspecified atom stereocenters. The second kappa shape index (κ2) is 7.10. The van der Waals surface area contributed by atoms with Gasteiger partial charge in [0.15, 0.2) is 0 Å². The van der Waals surface area contributed by atoms with E-state index in [1.54, 1.807) is 0 Å². The number of aliphatic carboxylic acids is 1. The minimum absolute atomic E-state index is 0.212. The minimum Gasteiger partial charge on any atom is -0.481 e. The van der Waals surface area contributed by atoms with Crippen molar-refractivity contribution < 1.29 is 9.90 Å². The van der Waals surface area contributed by atoms with Crippen molar-refractivity contribution >= 4 is 5.97 Å². The van der Waals surface area contributed by atoms with E-state index in [4.69, 9.17) is 5.11 Å². The molecule has 2 nitrogen and oxygen atoms in total. The maximum Gasteiger partial charge on any atom is 0.303 e. The van der Waals surface area contributed by atoms with E-state index in [0.29, 0.717) is 6.42 Å². The van der Waals surface area contributed by atoms with E-state index in [2.05, 4.69) is 13.2 Å². The molecule has 2 heteroatoms. The van der Waals surface area contributed by atoms with Crippen molar-refractivity contribution in [2.24, 2.45) is 0 Å². The number of hydrogen-bond donors (Lipinski definition) is 1. The molecule has 1 rings (SSSR count). The normalized spacial score (nSPS) is 8.31. The first kappa shape index (κ1) is 11.4. The Bertz CT molecular complexity index is 242. The van der Waals surface area contributed by atoms with Gasteiger partial charge in [-0.15, -0.1) is 13.2 Å². The minimum atomic E-state index is -0.742. The van der Waals surface area contributed by atoms with Crippen molar-refractivity contribution in [2.45, 2.75) is 12.8 Å². The Morgan fingerprint density at radius 3 is 2.23 bits per heavy atom. The molecule has 0 radical (unpaired) electrons. The summed E-state index contributed by atoms with van der Waals surface area (Å²) in [5, 5.41) is 8.37. The molecule has 0 heterocycles. The van der Waals surface area contributed by atoms with E-state index in [-0.39, 0.29) is 6.42 Å². The molecule has 0 aliphatic carbocycles. The van der Waals surface area contributed by atoms with Crippen LogP contribution in [0.15, 0.2) is 43.5 Å². The average Bonchev–Trinajstić information content (AvgIpc) is 2.19. The quantitative estimate of drug-likeness (QED) is 0.722. The molecule has 0 saturated carbocycles. The van der Waals surface area contributed by atoms with Gasteiger partial charge in [-0.05, 0) is 12.0 Å². The van der Waals surface area contributed by atoms with Gasteiger partial charge < -0.3 is 5.11 Å². The lowest BCUT2D eigenvalue weighted by Gasteiger charge is -1.95. The molecule has 0 spiro atoms. The second-order valence-corrected chi connectivity index (χ2v) is 2.38. The lowest BCUT2D eigenvalue weighted by Crippen LogP contribution is -1.96. The summed E-state index contributed by atoms with van der Waals surface area (Å²) in [6.45, 7) is 6.00. The number of aryl methyl sites for hydroxylation is 1. The summed E-state index contributed by atoms with van der Waals surface area (Å²) in [6.07, 6.45) is 0.834. The Hall–Kier alpha value is -1.57. The molecular formula is C11H14O2. The van der Waals surface area contributed by atoms with E-state index < -0.39 is 5.97 Å². The van der Waals surface area contributed by atoms with Gasteiger partial charge in [0.05, 0.1) is 0 Å². The lowest BCUT2D eigenvalue weighted by molar-refractivity contribution is -0.136. The van der Waals surface area contributed by atoms with Gasteiger partial charge in [0.1, 0.15) is 0 Å². The number of carboxylic acid groups (broad SMARTS) is 1. The highest BCUT2D eigenvalue weighted by Crippen LogP contribution is 2.01. The number of benzene rings is 1. The number of rotatable bonds is 3. The summed E-state index contributed by atoms with van der Waals surface area (Å²) in [5.74, 6) is -0.742. The monoisotopic (exact) mass is 178 g/mol. The van der Waals surface area contributed by atoms with Crippen LogP contribution in [0.4, 0.5) is 0 Å². The van der Waals surface area contributed by atoms with Crippen LogP contribution in [0.25, 0.3) is 0 Å². The van der Waals surface area contributed by atoms with Crippen LogP contribution in [0, 0.1) is 0 Å². The maximum absolute atomic E-state index is 10.2. The SMILES string of the molecule is C=C.O=C(O)CCc1ccccc1. The third-order valence-corrected chi connectivity index (χ3v) is 1.47. The summed E-state index contributed by atoms with van der Waals surface area (Å²) < 4.78 is 0. The smallest absolute Gasteiger partial charge is 0.303 e. The lowest BCUT2D eigenvalue weighted by atomic mass is 10.1. The topological polar surface area (TPSA) is 37.3 Å². The number of carbonyl (C=O) groups is 1. The van der Waals surface area contributed by atoms with Crippen LogP contribution < -0.4 is 0 Å². The first-order valence-electron chi connectivity index (χ1n) is 4.05. The summed E-state index contributed by atoms with van der Waals surface area (Å²) in [4.78, 5) is 10.2. The fraction of sp³-hybridized carbons (Fsp3) is 0.182. The van der Waals surface area contributed by atoms with E-state index in [9.17, 15) is 4.79 Å². The Morgan fingerprint density at radius 1 is 1.23 bits per heavy atom. The van der Waals surface area contributed by atoms with Crippen LogP contribution in [-0.4, -0.2) is 11.1 Å². The van der Waals surface area contributed by atoms with Gasteiger partial charge in [-0.2, -0.15) is 0 Å². The molecule has 0 amide bonds. The zero-order chi connectivity index (χ0) is 10.1. The third kappa shape index (κ3) is 5.67. The molecule has 0 saturated heterocycles. The van der Waals surface area contributed by atoms with Gasteiger partial charge in [-0.1, -0.05) is 30.3 Å². The molecule has 0 aliphatic rings. The first-order chi connectivity index (χ1) is 6.29. The Kier molecular flexibility index (Phi) is 6.24. The average molecular weight is 178 g/mol. The fourth-order valence-corrected chi connectivity index (χ4v) is 0.896. The van der Waals surface area contributed by atoms with Crippen LogP contribution in [0.2, 0.25) is 0 Å². The van der Waals surface area contributed by atoms with E-state index in [1.165, 1.54) is 0 Å². The molecule has 13 heavy (non-hydrogen) atoms. The molecule has 0 atom stereocenters. The van der Waals surface area contributed by atoms with Gasteiger partial charge in [-0.3, -0.25) is 4.79 Å². The van der Waals surface area contributed by atoms with Crippen molar-refractivity contribution in [3.05, 3.63) is 49.1 Å². The predicted molar refractivity (Wildman–Crippen MR) is 53.7 cm³/mol. The molecule has 0 aliphatic heterocycles. The largest absolute Gasteiger partial charge is 0.481 e. The van der Waals surface area contributed by atoms with Crippen molar-refractivity contribution in [3.8, 4) is 0 Å². The van der Waals surface area contributed by atoms with Crippen LogP contribution in [0.1, 0.15) is 12.0 Å². The van der Waals surface area contributed by atoms with Gasteiger partial charge >= 0.3 is 5.97 Å². The van der Waals surface area contributed by atoms with Gasteiger partial charge in [0, 0.05) is 6.42 Å². The highest BCUT2D eigenvalue weighted by atomic mass is 16.4. The maximum atomic E-state index is 10.2. The standard InChI is InChI=1S/C9H10O2.C2H4/c10-9(11)7-6-8-4-2-1-3-5-8;1-2/h1-5H,6-7H2,(H,10,11);1-2H2. The van der Waals surface area contributed by atoms with Crippen molar-refractivity contribution in [3.63, 3.8) is 0 Å². The zero-order valence-corrected chi connectivity index (χ0v) is 7.57. The van der Waals surface area contributed by atoms with Crippen LogP contribution >= 0.6 is 0 Å². The number of carboxylic acids is 1. The molecule has 1 aromatic carbocycles. The predicted octanol–water partition coefficient (Wildman–Crippen LogP) is 2.51. The molecule has 70 valence electrons. The molecule has 1 N–H and O–H groups in total. The molecule has 0 fully saturated rings. The summed E-state index contributed by atoms with van der Waals surface area (Å²) in [5.41, 5.74) is 1.08. The van der Waals surface area contributed by atoms with Crippen molar-refractivity contribution in [2.75, 3.05) is 0 Å². The number of hydrogen-bond acceptors (Lipinski definition) is 1. The fourth-order valence-electron chi connectivity index (χ4n) is 0.896. The Balaban J connectivity index is 0.000000671. The summed E-state index contributed by atoms with van der Waals surface area (Å²) >= 11 is 0. The summed E-state index contributed by atoms with van der Waals surface area (Å²) in [6, 6.07) is 9.62. The first-order valence-corrected chi connectivity index (χ1v) is 4.05. The van der Waals surface area contributed by atoms with Crippen molar-refractivity contribution in [1.82, 2.24) is 0 Å². The molecule has 0 bridgehead atoms. The molecule has 1 aromatic rings. The molecular weight excluding hydrogens is 164 g/mol.